The lowest BCUT2D eigenvalue weighted by atomic mass is 10.1. The third kappa shape index (κ3) is 6.07. The molecule has 1 unspecified atom stereocenters. The summed E-state index contributed by atoms with van der Waals surface area (Å²) in [6, 6.07) is 24.1. The Balaban J connectivity index is 1.87. The standard InChI is InChI=1S/C26H29NO4S/c1-4-26(31-20-23-9-6-5-7-10-23)27(18-17-22-11-8-12-24(19-22)30-3)32(28,29)25-15-13-21(2)14-16-25/h4-16,19,26H,1,17-18,20H2,2-3H3. The fourth-order valence-corrected chi connectivity index (χ4v) is 4.82. The van der Waals surface area contributed by atoms with E-state index < -0.39 is 16.3 Å². The van der Waals surface area contributed by atoms with Crippen LogP contribution in [0.2, 0.25) is 0 Å². The number of hydrogen-bond acceptors (Lipinski definition) is 4. The number of ether oxygens (including phenoxy) is 2. The van der Waals surface area contributed by atoms with E-state index in [1.165, 1.54) is 10.4 Å². The summed E-state index contributed by atoms with van der Waals surface area (Å²) in [4.78, 5) is 0.226. The number of sulfonamides is 1. The Morgan fingerprint density at radius 3 is 2.31 bits per heavy atom. The van der Waals surface area contributed by atoms with Crippen molar-refractivity contribution in [2.45, 2.75) is 31.1 Å². The Bertz CT molecular complexity index is 1110. The average Bonchev–Trinajstić information content (AvgIpc) is 2.82. The molecule has 0 fully saturated rings. The summed E-state index contributed by atoms with van der Waals surface area (Å²) in [5.74, 6) is 0.732. The van der Waals surface area contributed by atoms with Crippen molar-refractivity contribution in [3.8, 4) is 5.75 Å². The van der Waals surface area contributed by atoms with Gasteiger partial charge in [-0.25, -0.2) is 8.42 Å². The van der Waals surface area contributed by atoms with Gasteiger partial charge in [0.05, 0.1) is 18.6 Å². The second-order valence-corrected chi connectivity index (χ2v) is 9.34. The van der Waals surface area contributed by atoms with Crippen LogP contribution >= 0.6 is 0 Å². The smallest absolute Gasteiger partial charge is 0.245 e. The van der Waals surface area contributed by atoms with Crippen molar-refractivity contribution in [3.05, 3.63) is 108 Å². The van der Waals surface area contributed by atoms with Gasteiger partial charge < -0.3 is 9.47 Å². The highest BCUT2D eigenvalue weighted by atomic mass is 32.2. The van der Waals surface area contributed by atoms with Crippen molar-refractivity contribution in [3.63, 3.8) is 0 Å². The van der Waals surface area contributed by atoms with Crippen molar-refractivity contribution >= 4 is 10.0 Å². The Morgan fingerprint density at radius 1 is 0.969 bits per heavy atom. The fourth-order valence-electron chi connectivity index (χ4n) is 3.32. The molecule has 0 saturated carbocycles. The van der Waals surface area contributed by atoms with Gasteiger partial charge in [-0.3, -0.25) is 0 Å². The van der Waals surface area contributed by atoms with Gasteiger partial charge in [-0.15, -0.1) is 0 Å². The van der Waals surface area contributed by atoms with E-state index in [1.54, 1.807) is 31.4 Å². The van der Waals surface area contributed by atoms with Crippen LogP contribution in [-0.4, -0.2) is 32.6 Å². The largest absolute Gasteiger partial charge is 0.497 e. The van der Waals surface area contributed by atoms with Crippen molar-refractivity contribution in [1.29, 1.82) is 0 Å². The second-order valence-electron chi connectivity index (χ2n) is 7.45. The highest BCUT2D eigenvalue weighted by Gasteiger charge is 2.30. The van der Waals surface area contributed by atoms with Crippen LogP contribution in [0.15, 0.2) is 96.4 Å². The molecule has 3 aromatic rings. The lowest BCUT2D eigenvalue weighted by Crippen LogP contribution is -2.42. The van der Waals surface area contributed by atoms with E-state index in [-0.39, 0.29) is 18.0 Å². The van der Waals surface area contributed by atoms with Crippen LogP contribution in [0.4, 0.5) is 0 Å². The molecule has 0 aromatic heterocycles. The molecule has 0 saturated heterocycles. The molecule has 0 heterocycles. The molecule has 168 valence electrons. The molecule has 0 aliphatic carbocycles. The SMILES string of the molecule is C=CC(OCc1ccccc1)N(CCc1cccc(OC)c1)S(=O)(=O)c1ccc(C)cc1. The number of nitrogens with zero attached hydrogens (tertiary/aromatic N) is 1. The van der Waals surface area contributed by atoms with Gasteiger partial charge in [0.1, 0.15) is 12.0 Å². The van der Waals surface area contributed by atoms with E-state index >= 15 is 0 Å². The number of aryl methyl sites for hydroxylation is 1. The van der Waals surface area contributed by atoms with Gasteiger partial charge in [0.15, 0.2) is 0 Å². The van der Waals surface area contributed by atoms with Gasteiger partial charge in [-0.05, 0) is 54.8 Å². The van der Waals surface area contributed by atoms with Crippen LogP contribution in [0.5, 0.6) is 5.75 Å². The third-order valence-electron chi connectivity index (χ3n) is 5.13. The summed E-state index contributed by atoms with van der Waals surface area (Å²) in [6.07, 6.45) is 1.22. The minimum atomic E-state index is -3.81. The lowest BCUT2D eigenvalue weighted by Gasteiger charge is -2.29. The molecule has 0 radical (unpaired) electrons. The maximum absolute atomic E-state index is 13.6. The maximum atomic E-state index is 13.6. The molecule has 3 rings (SSSR count). The molecule has 6 heteroatoms. The first kappa shape index (κ1) is 23.7. The average molecular weight is 452 g/mol. The molecule has 32 heavy (non-hydrogen) atoms. The third-order valence-corrected chi connectivity index (χ3v) is 7.01. The Kier molecular flexibility index (Phi) is 8.22. The highest BCUT2D eigenvalue weighted by molar-refractivity contribution is 7.89. The Morgan fingerprint density at radius 2 is 1.66 bits per heavy atom. The molecule has 5 nitrogen and oxygen atoms in total. The van der Waals surface area contributed by atoms with Crippen LogP contribution in [-0.2, 0) is 27.8 Å². The van der Waals surface area contributed by atoms with Crippen molar-refractivity contribution in [2.24, 2.45) is 0 Å². The first-order chi connectivity index (χ1) is 15.4. The molecule has 0 aliphatic rings. The molecule has 0 N–H and O–H groups in total. The molecule has 0 bridgehead atoms. The lowest BCUT2D eigenvalue weighted by molar-refractivity contribution is 0.00336. The summed E-state index contributed by atoms with van der Waals surface area (Å²) in [6.45, 7) is 6.28. The van der Waals surface area contributed by atoms with Crippen molar-refractivity contribution < 1.29 is 17.9 Å². The second kappa shape index (κ2) is 11.1. The summed E-state index contributed by atoms with van der Waals surface area (Å²) in [5.41, 5.74) is 2.92. The fraction of sp³-hybridized carbons (Fsp3) is 0.231. The van der Waals surface area contributed by atoms with Crippen LogP contribution in [0, 0.1) is 6.92 Å². The zero-order chi connectivity index (χ0) is 23.0. The summed E-state index contributed by atoms with van der Waals surface area (Å²) in [7, 11) is -2.20. The van der Waals surface area contributed by atoms with Crippen molar-refractivity contribution in [1.82, 2.24) is 4.31 Å². The zero-order valence-corrected chi connectivity index (χ0v) is 19.3. The zero-order valence-electron chi connectivity index (χ0n) is 18.5. The molecular formula is C26H29NO4S. The molecule has 0 spiro atoms. The van der Waals surface area contributed by atoms with Gasteiger partial charge in [0.25, 0.3) is 0 Å². The quantitative estimate of drug-likeness (QED) is 0.305. The number of hydrogen-bond donors (Lipinski definition) is 0. The van der Waals surface area contributed by atoms with Gasteiger partial charge in [-0.1, -0.05) is 66.7 Å². The Labute approximate surface area is 191 Å². The first-order valence-corrected chi connectivity index (χ1v) is 11.9. The summed E-state index contributed by atoms with van der Waals surface area (Å²) in [5, 5.41) is 0. The Hall–Kier alpha value is -2.93. The molecule has 0 aliphatic heterocycles. The maximum Gasteiger partial charge on any atom is 0.245 e. The van der Waals surface area contributed by atoms with E-state index in [9.17, 15) is 8.42 Å². The summed E-state index contributed by atoms with van der Waals surface area (Å²) < 4.78 is 39.8. The molecule has 0 amide bonds. The van der Waals surface area contributed by atoms with Gasteiger partial charge in [0, 0.05) is 6.54 Å². The van der Waals surface area contributed by atoms with Crippen molar-refractivity contribution in [2.75, 3.05) is 13.7 Å². The number of rotatable bonds is 11. The summed E-state index contributed by atoms with van der Waals surface area (Å²) >= 11 is 0. The number of benzene rings is 3. The van der Waals surface area contributed by atoms with Crippen LogP contribution in [0.1, 0.15) is 16.7 Å². The minimum absolute atomic E-state index is 0.226. The molecule has 1 atom stereocenters. The number of methoxy groups -OCH3 is 1. The van der Waals surface area contributed by atoms with Gasteiger partial charge in [-0.2, -0.15) is 4.31 Å². The van der Waals surface area contributed by atoms with Crippen LogP contribution < -0.4 is 4.74 Å². The van der Waals surface area contributed by atoms with Gasteiger partial charge in [0.2, 0.25) is 10.0 Å². The van der Waals surface area contributed by atoms with E-state index in [4.69, 9.17) is 9.47 Å². The van der Waals surface area contributed by atoms with E-state index in [0.717, 1.165) is 22.4 Å². The van der Waals surface area contributed by atoms with E-state index in [2.05, 4.69) is 6.58 Å². The topological polar surface area (TPSA) is 55.8 Å². The first-order valence-electron chi connectivity index (χ1n) is 10.4. The predicted molar refractivity (Wildman–Crippen MR) is 127 cm³/mol. The van der Waals surface area contributed by atoms with Crippen LogP contribution in [0.25, 0.3) is 0 Å². The highest BCUT2D eigenvalue weighted by Crippen LogP contribution is 2.22. The van der Waals surface area contributed by atoms with E-state index in [0.29, 0.717) is 6.42 Å². The van der Waals surface area contributed by atoms with E-state index in [1.807, 2.05) is 61.5 Å². The normalized spacial score (nSPS) is 12.5. The monoisotopic (exact) mass is 451 g/mol. The van der Waals surface area contributed by atoms with Gasteiger partial charge >= 0.3 is 0 Å². The molecule has 3 aromatic carbocycles. The van der Waals surface area contributed by atoms with Crippen LogP contribution in [0.3, 0.4) is 0 Å². The molecular weight excluding hydrogens is 422 g/mol. The minimum Gasteiger partial charge on any atom is -0.497 e. The predicted octanol–water partition coefficient (Wildman–Crippen LogP) is 4.97.